The molecule has 2 N–H and O–H groups in total. The molecule has 3 fully saturated rings. The van der Waals surface area contributed by atoms with Gasteiger partial charge in [-0.3, -0.25) is 14.4 Å². The average Bonchev–Trinajstić information content (AvgIpc) is 3.29. The highest BCUT2D eigenvalue weighted by Gasteiger charge is 2.64. The number of imide groups is 1. The van der Waals surface area contributed by atoms with Gasteiger partial charge in [-0.1, -0.05) is 24.5 Å². The van der Waals surface area contributed by atoms with Crippen LogP contribution in [0.15, 0.2) is 17.2 Å². The molecular formula is C20H24N2O3S. The molecule has 3 aliphatic rings. The number of hydrogen-bond acceptors (Lipinski definition) is 4. The Labute approximate surface area is 157 Å². The highest BCUT2D eigenvalue weighted by molar-refractivity contribution is 7.17. The Kier molecular flexibility index (Phi) is 4.06. The number of amides is 3. The number of allylic oxidation sites excluding steroid dienone is 2. The second-order valence-electron chi connectivity index (χ2n) is 7.85. The Morgan fingerprint density at radius 3 is 2.23 bits per heavy atom. The van der Waals surface area contributed by atoms with E-state index in [0.717, 1.165) is 30.6 Å². The molecular weight excluding hydrogens is 348 g/mol. The first-order valence-corrected chi connectivity index (χ1v) is 10.2. The first kappa shape index (κ1) is 17.5. The van der Waals surface area contributed by atoms with Crippen LogP contribution in [0.4, 0.5) is 5.00 Å². The van der Waals surface area contributed by atoms with E-state index in [0.29, 0.717) is 10.6 Å². The number of aryl methyl sites for hydroxylation is 1. The van der Waals surface area contributed by atoms with Crippen LogP contribution in [0, 0.1) is 23.7 Å². The van der Waals surface area contributed by atoms with E-state index in [1.165, 1.54) is 27.4 Å². The number of carbonyl (C=O) groups is 3. The van der Waals surface area contributed by atoms with Gasteiger partial charge in [0.25, 0.3) is 5.91 Å². The van der Waals surface area contributed by atoms with E-state index in [4.69, 9.17) is 5.73 Å². The fourth-order valence-electron chi connectivity index (χ4n) is 5.34. The summed E-state index contributed by atoms with van der Waals surface area (Å²) < 4.78 is 0. The van der Waals surface area contributed by atoms with Gasteiger partial charge in [0.1, 0.15) is 5.00 Å². The maximum Gasteiger partial charge on any atom is 0.251 e. The predicted octanol–water partition coefficient (Wildman–Crippen LogP) is 3.28. The van der Waals surface area contributed by atoms with Crippen molar-refractivity contribution in [2.24, 2.45) is 29.4 Å². The molecule has 6 heteroatoms. The second kappa shape index (κ2) is 6.05. The Bertz CT molecular complexity index is 817. The van der Waals surface area contributed by atoms with Crippen LogP contribution in [0.2, 0.25) is 0 Å². The van der Waals surface area contributed by atoms with Gasteiger partial charge in [-0.2, -0.15) is 0 Å². The third kappa shape index (κ3) is 2.24. The summed E-state index contributed by atoms with van der Waals surface area (Å²) in [5.41, 5.74) is 8.42. The number of nitrogens with two attached hydrogens (primary N) is 1. The molecule has 2 aliphatic carbocycles. The summed E-state index contributed by atoms with van der Waals surface area (Å²) in [5.74, 6) is -1.01. The maximum atomic E-state index is 13.2. The van der Waals surface area contributed by atoms with Gasteiger partial charge in [0.15, 0.2) is 0 Å². The molecule has 0 radical (unpaired) electrons. The second-order valence-corrected chi connectivity index (χ2v) is 8.97. The van der Waals surface area contributed by atoms with Crippen LogP contribution >= 0.6 is 11.3 Å². The van der Waals surface area contributed by atoms with Gasteiger partial charge in [0, 0.05) is 4.88 Å². The van der Waals surface area contributed by atoms with Crippen molar-refractivity contribution in [3.8, 4) is 0 Å². The Hall–Kier alpha value is -1.95. The minimum absolute atomic E-state index is 0.140. The van der Waals surface area contributed by atoms with Crippen molar-refractivity contribution in [2.45, 2.75) is 46.5 Å². The van der Waals surface area contributed by atoms with Gasteiger partial charge in [-0.25, -0.2) is 4.90 Å². The molecule has 5 nitrogen and oxygen atoms in total. The first-order chi connectivity index (χ1) is 12.4. The number of primary amides is 1. The van der Waals surface area contributed by atoms with Crippen molar-refractivity contribution in [1.82, 2.24) is 0 Å². The highest BCUT2D eigenvalue weighted by Crippen LogP contribution is 2.60. The zero-order valence-electron chi connectivity index (χ0n) is 15.4. The van der Waals surface area contributed by atoms with Gasteiger partial charge in [-0.15, -0.1) is 11.3 Å². The zero-order valence-corrected chi connectivity index (χ0v) is 16.2. The summed E-state index contributed by atoms with van der Waals surface area (Å²) >= 11 is 1.36. The zero-order chi connectivity index (χ0) is 18.7. The molecule has 4 atom stereocenters. The number of fused-ring (bicyclic) bond motifs is 5. The molecule has 1 aromatic heterocycles. The van der Waals surface area contributed by atoms with E-state index in [9.17, 15) is 14.4 Å². The van der Waals surface area contributed by atoms with Gasteiger partial charge in [-0.05, 0) is 51.0 Å². The van der Waals surface area contributed by atoms with Gasteiger partial charge in [0.05, 0.1) is 17.4 Å². The molecule has 2 heterocycles. The molecule has 0 spiro atoms. The van der Waals surface area contributed by atoms with Crippen LogP contribution in [-0.2, 0) is 16.0 Å². The summed E-state index contributed by atoms with van der Waals surface area (Å²) in [4.78, 5) is 40.7. The molecule has 3 amide bonds. The summed E-state index contributed by atoms with van der Waals surface area (Å²) in [5, 5.41) is 0.434. The Morgan fingerprint density at radius 2 is 1.77 bits per heavy atom. The lowest BCUT2D eigenvalue weighted by Crippen LogP contribution is -2.34. The number of rotatable bonds is 4. The third-order valence-electron chi connectivity index (χ3n) is 6.16. The Morgan fingerprint density at radius 1 is 1.19 bits per heavy atom. The Balaban J connectivity index is 1.76. The SMILES string of the molecule is CCCc1cc(C(N)=O)c(N2C(=O)[C@H]3[C@H](C2=O)[C@H]2CC[C@H]3C2=C(C)C)s1. The van der Waals surface area contributed by atoms with Crippen molar-refractivity contribution >= 4 is 34.1 Å². The van der Waals surface area contributed by atoms with Crippen molar-refractivity contribution in [3.63, 3.8) is 0 Å². The minimum Gasteiger partial charge on any atom is -0.366 e. The van der Waals surface area contributed by atoms with Crippen LogP contribution in [0.25, 0.3) is 0 Å². The van der Waals surface area contributed by atoms with Gasteiger partial charge < -0.3 is 5.73 Å². The largest absolute Gasteiger partial charge is 0.366 e. The third-order valence-corrected chi connectivity index (χ3v) is 7.34. The summed E-state index contributed by atoms with van der Waals surface area (Å²) in [7, 11) is 0. The molecule has 2 bridgehead atoms. The number of anilines is 1. The number of thiophene rings is 1. The fourth-order valence-corrected chi connectivity index (χ4v) is 6.61. The molecule has 138 valence electrons. The molecule has 26 heavy (non-hydrogen) atoms. The summed E-state index contributed by atoms with van der Waals surface area (Å²) in [6.45, 7) is 6.21. The molecule has 0 aromatic carbocycles. The summed E-state index contributed by atoms with van der Waals surface area (Å²) in [6.07, 6.45) is 3.70. The van der Waals surface area contributed by atoms with E-state index in [-0.39, 0.29) is 35.5 Å². The van der Waals surface area contributed by atoms with E-state index in [2.05, 4.69) is 20.8 Å². The van der Waals surface area contributed by atoms with Gasteiger partial charge in [0.2, 0.25) is 11.8 Å². The van der Waals surface area contributed by atoms with E-state index < -0.39 is 5.91 Å². The predicted molar refractivity (Wildman–Crippen MR) is 101 cm³/mol. The van der Waals surface area contributed by atoms with Crippen molar-refractivity contribution in [3.05, 3.63) is 27.7 Å². The van der Waals surface area contributed by atoms with Crippen LogP contribution in [0.5, 0.6) is 0 Å². The smallest absolute Gasteiger partial charge is 0.251 e. The topological polar surface area (TPSA) is 80.5 Å². The molecule has 2 saturated carbocycles. The van der Waals surface area contributed by atoms with Crippen molar-refractivity contribution in [2.75, 3.05) is 4.90 Å². The van der Waals surface area contributed by atoms with E-state index in [1.807, 2.05) is 0 Å². The van der Waals surface area contributed by atoms with Crippen molar-refractivity contribution < 1.29 is 14.4 Å². The molecule has 4 rings (SSSR count). The molecule has 0 unspecified atom stereocenters. The first-order valence-electron chi connectivity index (χ1n) is 9.34. The monoisotopic (exact) mass is 372 g/mol. The number of carbonyl (C=O) groups excluding carboxylic acids is 3. The standard InChI is InChI=1S/C20H24N2O3S/c1-4-5-10-8-13(17(21)23)20(26-10)22-18(24)15-11-6-7-12(14(11)9(2)3)16(15)19(22)25/h8,11-12,15-16H,4-7H2,1-3H3,(H2,21,23)/t11-,12-,15+,16+/m0/s1. The normalized spacial score (nSPS) is 29.7. The summed E-state index contributed by atoms with van der Waals surface area (Å²) in [6, 6.07) is 1.75. The quantitative estimate of drug-likeness (QED) is 0.650. The maximum absolute atomic E-state index is 13.2. The van der Waals surface area contributed by atoms with Crippen LogP contribution in [-0.4, -0.2) is 17.7 Å². The van der Waals surface area contributed by atoms with Crippen molar-refractivity contribution in [1.29, 1.82) is 0 Å². The number of nitrogens with zero attached hydrogens (tertiary/aromatic N) is 1. The van der Waals surface area contributed by atoms with E-state index >= 15 is 0 Å². The minimum atomic E-state index is -0.579. The lowest BCUT2D eigenvalue weighted by Gasteiger charge is -2.18. The van der Waals surface area contributed by atoms with Crippen LogP contribution in [0.1, 0.15) is 55.3 Å². The highest BCUT2D eigenvalue weighted by atomic mass is 32.1. The number of hydrogen-bond donors (Lipinski definition) is 1. The fraction of sp³-hybridized carbons (Fsp3) is 0.550. The molecule has 1 aliphatic heterocycles. The average molecular weight is 372 g/mol. The lowest BCUT2D eigenvalue weighted by atomic mass is 9.81. The molecule has 1 aromatic rings. The van der Waals surface area contributed by atoms with Crippen LogP contribution < -0.4 is 10.6 Å². The molecule has 1 saturated heterocycles. The van der Waals surface area contributed by atoms with E-state index in [1.54, 1.807) is 6.07 Å². The van der Waals surface area contributed by atoms with Gasteiger partial charge >= 0.3 is 0 Å². The van der Waals surface area contributed by atoms with Crippen LogP contribution in [0.3, 0.4) is 0 Å². The lowest BCUT2D eigenvalue weighted by molar-refractivity contribution is -0.122.